The van der Waals surface area contributed by atoms with Crippen molar-refractivity contribution in [2.45, 2.75) is 32.2 Å². The number of benzene rings is 1. The Hall–Kier alpha value is -2.70. The number of carbonyl (C=O) groups excluding carboxylic acids is 3. The Morgan fingerprint density at radius 3 is 2.48 bits per heavy atom. The van der Waals surface area contributed by atoms with Crippen molar-refractivity contribution in [3.63, 3.8) is 0 Å². The maximum Gasteiger partial charge on any atom is 0.305 e. The van der Waals surface area contributed by atoms with Gasteiger partial charge in [-0.25, -0.2) is 0 Å². The van der Waals surface area contributed by atoms with Crippen molar-refractivity contribution in [3.05, 3.63) is 35.4 Å². The van der Waals surface area contributed by atoms with Crippen LogP contribution in [0.5, 0.6) is 0 Å². The predicted molar refractivity (Wildman–Crippen MR) is 80.6 cm³/mol. The van der Waals surface area contributed by atoms with Crippen LogP contribution in [0.15, 0.2) is 24.3 Å². The Labute approximate surface area is 133 Å². The van der Waals surface area contributed by atoms with Gasteiger partial charge in [-0.15, -0.1) is 0 Å². The number of aliphatic carboxylic acids is 1. The average molecular weight is 318 g/mol. The fourth-order valence-corrected chi connectivity index (χ4v) is 2.47. The minimum atomic E-state index is -0.975. The van der Waals surface area contributed by atoms with Crippen LogP contribution in [0.2, 0.25) is 0 Å². The first-order chi connectivity index (χ1) is 10.8. The average Bonchev–Trinajstić information content (AvgIpc) is 2.76. The lowest BCUT2D eigenvalue weighted by Crippen LogP contribution is -2.34. The van der Waals surface area contributed by atoms with E-state index in [1.165, 1.54) is 0 Å². The summed E-state index contributed by atoms with van der Waals surface area (Å²) in [7, 11) is 0. The Balaban J connectivity index is 1.94. The molecular weight excluding hydrogens is 300 g/mol. The number of carboxylic acids is 1. The number of amides is 3. The van der Waals surface area contributed by atoms with Crippen LogP contribution in [0.3, 0.4) is 0 Å². The molecule has 2 atom stereocenters. The van der Waals surface area contributed by atoms with Crippen LogP contribution in [-0.4, -0.2) is 34.8 Å². The van der Waals surface area contributed by atoms with Gasteiger partial charge >= 0.3 is 5.97 Å². The van der Waals surface area contributed by atoms with Gasteiger partial charge in [-0.05, 0) is 31.0 Å². The molecule has 0 saturated carbocycles. The lowest BCUT2D eigenvalue weighted by Gasteiger charge is -2.12. The first kappa shape index (κ1) is 16.7. The van der Waals surface area contributed by atoms with Crippen LogP contribution < -0.4 is 10.6 Å². The van der Waals surface area contributed by atoms with E-state index >= 15 is 0 Å². The molecule has 7 nitrogen and oxygen atoms in total. The molecule has 0 bridgehead atoms. The number of nitrogens with one attached hydrogen (secondary N) is 2. The van der Waals surface area contributed by atoms with Gasteiger partial charge in [0.15, 0.2) is 0 Å². The Morgan fingerprint density at radius 1 is 1.30 bits per heavy atom. The molecule has 1 aliphatic heterocycles. The number of carboxylic acid groups (broad SMARTS) is 1. The summed E-state index contributed by atoms with van der Waals surface area (Å²) in [6.07, 6.45) is 0.483. The van der Waals surface area contributed by atoms with Gasteiger partial charge in [-0.2, -0.15) is 0 Å². The molecule has 0 aromatic heterocycles. The fraction of sp³-hybridized carbons (Fsp3) is 0.375. The maximum absolute atomic E-state index is 12.0. The molecule has 0 radical (unpaired) electrons. The highest BCUT2D eigenvalue weighted by molar-refractivity contribution is 6.03. The van der Waals surface area contributed by atoms with Crippen LogP contribution in [0.1, 0.15) is 35.7 Å². The topological polar surface area (TPSA) is 113 Å². The van der Waals surface area contributed by atoms with Crippen LogP contribution in [-0.2, 0) is 20.8 Å². The van der Waals surface area contributed by atoms with Crippen molar-refractivity contribution in [2.24, 2.45) is 5.92 Å². The summed E-state index contributed by atoms with van der Waals surface area (Å²) >= 11 is 0. The molecule has 2 unspecified atom stereocenters. The van der Waals surface area contributed by atoms with E-state index < -0.39 is 12.0 Å². The summed E-state index contributed by atoms with van der Waals surface area (Å²) in [5.74, 6) is -2.21. The van der Waals surface area contributed by atoms with Gasteiger partial charge in [0.05, 0.1) is 12.3 Å². The number of hydrogen-bond donors (Lipinski definition) is 3. The molecule has 3 N–H and O–H groups in total. The molecule has 1 aromatic carbocycles. The third kappa shape index (κ3) is 4.64. The van der Waals surface area contributed by atoms with Crippen LogP contribution in [0, 0.1) is 5.92 Å². The summed E-state index contributed by atoms with van der Waals surface area (Å²) in [5.41, 5.74) is 1.27. The van der Waals surface area contributed by atoms with Crippen LogP contribution in [0.4, 0.5) is 0 Å². The van der Waals surface area contributed by atoms with Crippen molar-refractivity contribution in [2.75, 3.05) is 0 Å². The van der Waals surface area contributed by atoms with Gasteiger partial charge in [0, 0.05) is 18.0 Å². The second kappa shape index (κ2) is 7.04. The van der Waals surface area contributed by atoms with E-state index in [4.69, 9.17) is 5.11 Å². The SMILES string of the molecule is CC(CC(=O)O)NC(=O)c1ccc(CC2CC(=O)NC2=O)cc1. The highest BCUT2D eigenvalue weighted by atomic mass is 16.4. The summed E-state index contributed by atoms with van der Waals surface area (Å²) < 4.78 is 0. The molecule has 2 rings (SSSR count). The zero-order valence-electron chi connectivity index (χ0n) is 12.7. The van der Waals surface area contributed by atoms with Crippen LogP contribution >= 0.6 is 0 Å². The lowest BCUT2D eigenvalue weighted by molar-refractivity contribution is -0.137. The second-order valence-electron chi connectivity index (χ2n) is 5.69. The Morgan fingerprint density at radius 2 is 1.96 bits per heavy atom. The normalized spacial score (nSPS) is 18.4. The monoisotopic (exact) mass is 318 g/mol. The van der Waals surface area contributed by atoms with E-state index in [-0.39, 0.29) is 36.5 Å². The maximum atomic E-state index is 12.0. The molecule has 1 heterocycles. The Bertz CT molecular complexity index is 638. The van der Waals surface area contributed by atoms with Gasteiger partial charge in [0.25, 0.3) is 5.91 Å². The van der Waals surface area contributed by atoms with Crippen molar-refractivity contribution in [1.29, 1.82) is 0 Å². The number of hydrogen-bond acceptors (Lipinski definition) is 4. The lowest BCUT2D eigenvalue weighted by atomic mass is 9.97. The third-order valence-electron chi connectivity index (χ3n) is 3.62. The number of carbonyl (C=O) groups is 4. The van der Waals surface area contributed by atoms with Gasteiger partial charge in [-0.1, -0.05) is 12.1 Å². The molecule has 0 spiro atoms. The third-order valence-corrected chi connectivity index (χ3v) is 3.62. The molecule has 1 aliphatic rings. The summed E-state index contributed by atoms with van der Waals surface area (Å²) in [6, 6.07) is 6.23. The smallest absolute Gasteiger partial charge is 0.305 e. The van der Waals surface area contributed by atoms with Crippen LogP contribution in [0.25, 0.3) is 0 Å². The van der Waals surface area contributed by atoms with Crippen molar-refractivity contribution < 1.29 is 24.3 Å². The minimum absolute atomic E-state index is 0.144. The van der Waals surface area contributed by atoms with Crippen molar-refractivity contribution in [3.8, 4) is 0 Å². The minimum Gasteiger partial charge on any atom is -0.481 e. The van der Waals surface area contributed by atoms with E-state index in [0.717, 1.165) is 5.56 Å². The van der Waals surface area contributed by atoms with E-state index in [1.54, 1.807) is 31.2 Å². The predicted octanol–water partition coefficient (Wildman–Crippen LogP) is 0.485. The summed E-state index contributed by atoms with van der Waals surface area (Å²) in [5, 5.41) is 13.5. The zero-order chi connectivity index (χ0) is 17.0. The quantitative estimate of drug-likeness (QED) is 0.661. The molecular formula is C16H18N2O5. The summed E-state index contributed by atoms with van der Waals surface area (Å²) in [6.45, 7) is 1.62. The standard InChI is InChI=1S/C16H18N2O5/c1-9(6-14(20)21)17-15(22)11-4-2-10(3-5-11)7-12-8-13(19)18-16(12)23/h2-5,9,12H,6-8H2,1H3,(H,17,22)(H,20,21)(H,18,19,23). The molecule has 1 aromatic rings. The van der Waals surface area contributed by atoms with E-state index in [0.29, 0.717) is 12.0 Å². The van der Waals surface area contributed by atoms with E-state index in [9.17, 15) is 19.2 Å². The van der Waals surface area contributed by atoms with E-state index in [1.807, 2.05) is 0 Å². The molecule has 1 saturated heterocycles. The number of imide groups is 1. The van der Waals surface area contributed by atoms with Gasteiger partial charge in [-0.3, -0.25) is 24.5 Å². The summed E-state index contributed by atoms with van der Waals surface area (Å²) in [4.78, 5) is 45.2. The largest absolute Gasteiger partial charge is 0.481 e. The van der Waals surface area contributed by atoms with Gasteiger partial charge < -0.3 is 10.4 Å². The molecule has 23 heavy (non-hydrogen) atoms. The first-order valence-electron chi connectivity index (χ1n) is 7.30. The molecule has 122 valence electrons. The van der Waals surface area contributed by atoms with E-state index in [2.05, 4.69) is 10.6 Å². The molecule has 7 heteroatoms. The Kier molecular flexibility index (Phi) is 5.10. The molecule has 0 aliphatic carbocycles. The van der Waals surface area contributed by atoms with Crippen molar-refractivity contribution >= 4 is 23.7 Å². The van der Waals surface area contributed by atoms with Gasteiger partial charge in [0.2, 0.25) is 11.8 Å². The number of rotatable bonds is 6. The van der Waals surface area contributed by atoms with Gasteiger partial charge in [0.1, 0.15) is 0 Å². The molecule has 1 fully saturated rings. The highest BCUT2D eigenvalue weighted by Gasteiger charge is 2.30. The first-order valence-corrected chi connectivity index (χ1v) is 7.30. The molecule has 3 amide bonds. The highest BCUT2D eigenvalue weighted by Crippen LogP contribution is 2.17. The van der Waals surface area contributed by atoms with Crippen molar-refractivity contribution in [1.82, 2.24) is 10.6 Å². The zero-order valence-corrected chi connectivity index (χ0v) is 12.7. The second-order valence-corrected chi connectivity index (χ2v) is 5.69. The fourth-order valence-electron chi connectivity index (χ4n) is 2.47.